The quantitative estimate of drug-likeness (QED) is 0.777. The van der Waals surface area contributed by atoms with Crippen LogP contribution in [0.2, 0.25) is 0 Å². The number of nitrogens with zero attached hydrogens (tertiary/aromatic N) is 1. The van der Waals surface area contributed by atoms with Crippen molar-refractivity contribution in [2.75, 3.05) is 0 Å². The molecule has 0 unspecified atom stereocenters. The van der Waals surface area contributed by atoms with Gasteiger partial charge in [0, 0.05) is 0 Å². The van der Waals surface area contributed by atoms with Crippen molar-refractivity contribution in [3.63, 3.8) is 0 Å². The van der Waals surface area contributed by atoms with Crippen LogP contribution < -0.4 is 2.85 Å². The van der Waals surface area contributed by atoms with Crippen molar-refractivity contribution < 1.29 is 2.85 Å². The number of rotatable bonds is 1. The Hall–Kier alpha value is -0.700. The number of aromatic nitrogens is 1. The van der Waals surface area contributed by atoms with Gasteiger partial charge in [-0.2, -0.15) is 0 Å². The van der Waals surface area contributed by atoms with Crippen LogP contribution >= 0.6 is 0 Å². The van der Waals surface area contributed by atoms with Crippen LogP contribution in [0.1, 0.15) is 0 Å². The van der Waals surface area contributed by atoms with E-state index in [0.29, 0.717) is 0 Å². The average molecular weight is 259 g/mol. The topological polar surface area (TPSA) is 22.1 Å². The molecule has 0 saturated carbocycles. The third-order valence-corrected chi connectivity index (χ3v) is 2.38. The van der Waals surface area contributed by atoms with Crippen molar-refractivity contribution in [2.24, 2.45) is 0 Å². The normalized spacial score (nSPS) is 10.0. The molecule has 0 amide bonds. The van der Waals surface area contributed by atoms with Crippen LogP contribution in [0.15, 0.2) is 36.4 Å². The number of pyridine rings is 1. The molecule has 1 aromatic heterocycles. The zero-order valence-corrected chi connectivity index (χ0v) is 9.69. The summed E-state index contributed by atoms with van der Waals surface area (Å²) < 4.78 is 5.14. The molecule has 2 rings (SSSR count). The van der Waals surface area contributed by atoms with E-state index in [1.54, 1.807) is 0 Å². The second-order valence-electron chi connectivity index (χ2n) is 2.46. The molecule has 0 atom stereocenters. The number of benzene rings is 1. The predicted molar refractivity (Wildman–Crippen MR) is 48.1 cm³/mol. The summed E-state index contributed by atoms with van der Waals surface area (Å²) in [4.78, 5) is 4.30. The second kappa shape index (κ2) is 3.35. The van der Waals surface area contributed by atoms with Crippen LogP contribution in [-0.4, -0.2) is 29.8 Å². The van der Waals surface area contributed by atoms with E-state index in [1.807, 2.05) is 36.4 Å². The molecule has 12 heavy (non-hydrogen) atoms. The fraction of sp³-hybridized carbons (Fsp3) is 0. The molecule has 0 bridgehead atoms. The third-order valence-electron chi connectivity index (χ3n) is 1.69. The molecular weight excluding hydrogens is 253 g/mol. The fourth-order valence-electron chi connectivity index (χ4n) is 1.11. The van der Waals surface area contributed by atoms with Gasteiger partial charge in [0.15, 0.2) is 0 Å². The Bertz CT molecular complexity index is 402. The van der Waals surface area contributed by atoms with E-state index < -0.39 is 0 Å². The Balaban J connectivity index is 2.67. The van der Waals surface area contributed by atoms with Crippen LogP contribution in [0.5, 0.6) is 5.88 Å². The van der Waals surface area contributed by atoms with E-state index in [4.69, 9.17) is 2.85 Å². The monoisotopic (exact) mass is 259 g/mol. The molecule has 0 N–H and O–H groups in total. The number of fused-ring (bicyclic) bond motifs is 1. The van der Waals surface area contributed by atoms with Crippen molar-refractivity contribution in [3.8, 4) is 5.88 Å². The van der Waals surface area contributed by atoms with Gasteiger partial charge in [-0.3, -0.25) is 0 Å². The van der Waals surface area contributed by atoms with Crippen LogP contribution in [0.25, 0.3) is 10.9 Å². The Morgan fingerprint density at radius 3 is 2.75 bits per heavy atom. The first-order valence-corrected chi connectivity index (χ1v) is 4.97. The van der Waals surface area contributed by atoms with E-state index in [-0.39, 0.29) is 0 Å². The van der Waals surface area contributed by atoms with E-state index in [9.17, 15) is 0 Å². The molecule has 2 radical (unpaired) electrons. The summed E-state index contributed by atoms with van der Waals surface area (Å²) in [5.41, 5.74) is 0.990. The minimum absolute atomic E-state index is 0.719. The molecule has 0 saturated heterocycles. The third kappa shape index (κ3) is 1.41. The maximum atomic E-state index is 5.14. The zero-order valence-electron chi connectivity index (χ0n) is 6.40. The van der Waals surface area contributed by atoms with E-state index in [2.05, 4.69) is 4.98 Å². The Kier molecular flexibility index (Phi) is 2.21. The van der Waals surface area contributed by atoms with Gasteiger partial charge in [-0.15, -0.1) is 0 Å². The van der Waals surface area contributed by atoms with Crippen molar-refractivity contribution in [1.82, 2.24) is 4.98 Å². The van der Waals surface area contributed by atoms with Crippen molar-refractivity contribution >= 4 is 35.7 Å². The molecule has 0 fully saturated rings. The molecule has 0 spiro atoms. The van der Waals surface area contributed by atoms with Gasteiger partial charge in [0.25, 0.3) is 0 Å². The fourth-order valence-corrected chi connectivity index (χ4v) is 1.49. The Morgan fingerprint density at radius 2 is 1.92 bits per heavy atom. The Morgan fingerprint density at radius 1 is 1.08 bits per heavy atom. The average Bonchev–Trinajstić information content (AvgIpc) is 2.17. The SMILES string of the molecule is [In][O]c1ccc2ccccc2n1. The first-order valence-electron chi connectivity index (χ1n) is 3.63. The van der Waals surface area contributed by atoms with Gasteiger partial charge in [0.1, 0.15) is 0 Å². The Labute approximate surface area is 85.8 Å². The van der Waals surface area contributed by atoms with E-state index in [1.165, 1.54) is 0 Å². The van der Waals surface area contributed by atoms with E-state index in [0.717, 1.165) is 41.6 Å². The summed E-state index contributed by atoms with van der Waals surface area (Å²) in [5, 5.41) is 1.15. The standard InChI is InChI=1S/C9H7NO.In/c11-9-6-5-7-3-1-2-4-8(7)10-9;/h1-6H,(H,10,11);/q;+1/p-1. The molecular formula is C9H6InNO. The first kappa shape index (κ1) is 7.92. The van der Waals surface area contributed by atoms with Gasteiger partial charge in [-0.25, -0.2) is 0 Å². The van der Waals surface area contributed by atoms with Crippen molar-refractivity contribution in [3.05, 3.63) is 36.4 Å². The molecule has 0 aliphatic rings. The second-order valence-corrected chi connectivity index (χ2v) is 3.13. The zero-order chi connectivity index (χ0) is 8.39. The van der Waals surface area contributed by atoms with Gasteiger partial charge in [0.2, 0.25) is 0 Å². The van der Waals surface area contributed by atoms with Crippen LogP contribution in [-0.2, 0) is 0 Å². The number of hydrogen-bond acceptors (Lipinski definition) is 2. The van der Waals surface area contributed by atoms with Gasteiger partial charge < -0.3 is 0 Å². The van der Waals surface area contributed by atoms with Gasteiger partial charge >= 0.3 is 85.8 Å². The molecule has 2 nitrogen and oxygen atoms in total. The van der Waals surface area contributed by atoms with Gasteiger partial charge in [-0.1, -0.05) is 0 Å². The first-order chi connectivity index (χ1) is 5.90. The molecule has 56 valence electrons. The molecule has 2 aromatic rings. The summed E-state index contributed by atoms with van der Waals surface area (Å²) in [7, 11) is 0. The van der Waals surface area contributed by atoms with Crippen molar-refractivity contribution in [2.45, 2.75) is 0 Å². The van der Waals surface area contributed by atoms with Gasteiger partial charge in [-0.05, 0) is 0 Å². The summed E-state index contributed by atoms with van der Waals surface area (Å²) in [5.74, 6) is 0.719. The minimum atomic E-state index is 0.719. The molecule has 0 aliphatic heterocycles. The maximum absolute atomic E-state index is 5.14. The predicted octanol–water partition coefficient (Wildman–Crippen LogP) is 1.70. The van der Waals surface area contributed by atoms with Gasteiger partial charge in [0.05, 0.1) is 0 Å². The summed E-state index contributed by atoms with van der Waals surface area (Å²) in [6.07, 6.45) is 0. The van der Waals surface area contributed by atoms with E-state index >= 15 is 0 Å². The van der Waals surface area contributed by atoms with Crippen LogP contribution in [0, 0.1) is 0 Å². The van der Waals surface area contributed by atoms with Crippen LogP contribution in [0.3, 0.4) is 0 Å². The summed E-state index contributed by atoms with van der Waals surface area (Å²) in [6, 6.07) is 11.9. The number of hydrogen-bond donors (Lipinski definition) is 0. The van der Waals surface area contributed by atoms with Crippen molar-refractivity contribution in [1.29, 1.82) is 0 Å². The molecule has 1 aromatic carbocycles. The summed E-state index contributed by atoms with van der Waals surface area (Å²) >= 11 is 0.750. The van der Waals surface area contributed by atoms with Crippen LogP contribution in [0.4, 0.5) is 0 Å². The summed E-state index contributed by atoms with van der Waals surface area (Å²) in [6.45, 7) is 0. The molecule has 0 aliphatic carbocycles. The molecule has 1 heterocycles. The number of para-hydroxylation sites is 1. The molecule has 3 heteroatoms.